The lowest BCUT2D eigenvalue weighted by Crippen LogP contribution is -2.47. The molecule has 1 N–H and O–H groups in total. The molecule has 0 bridgehead atoms. The maximum atomic E-state index is 12.3. The predicted octanol–water partition coefficient (Wildman–Crippen LogP) is 1.12. The minimum atomic E-state index is -0.857. The summed E-state index contributed by atoms with van der Waals surface area (Å²) >= 11 is 0. The van der Waals surface area contributed by atoms with Gasteiger partial charge in [0.05, 0.1) is 18.6 Å². The van der Waals surface area contributed by atoms with Crippen molar-refractivity contribution in [2.24, 2.45) is 5.92 Å². The molecule has 2 saturated heterocycles. The van der Waals surface area contributed by atoms with Crippen molar-refractivity contribution < 1.29 is 24.2 Å². The van der Waals surface area contributed by atoms with Crippen molar-refractivity contribution in [1.29, 1.82) is 0 Å². The highest BCUT2D eigenvalue weighted by molar-refractivity contribution is 5.85. The average molecular weight is 340 g/mol. The summed E-state index contributed by atoms with van der Waals surface area (Å²) in [6.45, 7) is 1.59. The van der Waals surface area contributed by atoms with Crippen molar-refractivity contribution in [3.05, 3.63) is 0 Å². The minimum absolute atomic E-state index is 0.0106. The number of nitrogens with zero attached hydrogens (tertiary/aromatic N) is 2. The predicted molar refractivity (Wildman–Crippen MR) is 87.4 cm³/mol. The number of hydrogen-bond donors (Lipinski definition) is 1. The lowest BCUT2D eigenvalue weighted by Gasteiger charge is -2.32. The van der Waals surface area contributed by atoms with Gasteiger partial charge in [0.2, 0.25) is 11.8 Å². The second-order valence-electron chi connectivity index (χ2n) is 6.79. The van der Waals surface area contributed by atoms with Crippen LogP contribution in [0.3, 0.4) is 0 Å². The number of carboxylic acid groups (broad SMARTS) is 1. The standard InChI is InChI=1S/C17H28N2O5/c1-18(15(20)8-7-14-6-2-3-10-24-14)12-16(21)19-9-4-5-13(11-19)17(22)23/h13-14H,2-12H2,1H3,(H,22,23). The van der Waals surface area contributed by atoms with Crippen LogP contribution in [0.25, 0.3) is 0 Å². The van der Waals surface area contributed by atoms with E-state index in [1.165, 1.54) is 4.90 Å². The maximum absolute atomic E-state index is 12.3. The fraction of sp³-hybridized carbons (Fsp3) is 0.824. The van der Waals surface area contributed by atoms with Gasteiger partial charge in [-0.2, -0.15) is 0 Å². The fourth-order valence-corrected chi connectivity index (χ4v) is 3.31. The third-order valence-corrected chi connectivity index (χ3v) is 4.88. The average Bonchev–Trinajstić information content (AvgIpc) is 2.60. The van der Waals surface area contributed by atoms with Crippen LogP contribution in [0.15, 0.2) is 0 Å². The van der Waals surface area contributed by atoms with Crippen molar-refractivity contribution in [2.45, 2.75) is 51.0 Å². The fourth-order valence-electron chi connectivity index (χ4n) is 3.31. The number of ether oxygens (including phenoxy) is 1. The van der Waals surface area contributed by atoms with Crippen LogP contribution in [0, 0.1) is 5.92 Å². The Hall–Kier alpha value is -1.63. The summed E-state index contributed by atoms with van der Waals surface area (Å²) in [6.07, 6.45) is 5.77. The third-order valence-electron chi connectivity index (χ3n) is 4.88. The highest BCUT2D eigenvalue weighted by atomic mass is 16.5. The Labute approximate surface area is 142 Å². The van der Waals surface area contributed by atoms with Gasteiger partial charge in [0.25, 0.3) is 0 Å². The van der Waals surface area contributed by atoms with Gasteiger partial charge >= 0.3 is 5.97 Å². The number of aliphatic carboxylic acids is 1. The monoisotopic (exact) mass is 340 g/mol. The van der Waals surface area contributed by atoms with E-state index in [-0.39, 0.29) is 31.0 Å². The number of amides is 2. The molecule has 7 heteroatoms. The first kappa shape index (κ1) is 18.7. The molecule has 2 unspecified atom stereocenters. The van der Waals surface area contributed by atoms with Gasteiger partial charge in [-0.05, 0) is 38.5 Å². The summed E-state index contributed by atoms with van der Waals surface area (Å²) in [5.41, 5.74) is 0. The molecule has 2 rings (SSSR count). The topological polar surface area (TPSA) is 87.2 Å². The Kier molecular flexibility index (Phi) is 7.02. The van der Waals surface area contributed by atoms with E-state index < -0.39 is 11.9 Å². The SMILES string of the molecule is CN(CC(=O)N1CCCC(C(=O)O)C1)C(=O)CCC1CCCCO1. The smallest absolute Gasteiger partial charge is 0.308 e. The number of rotatable bonds is 6. The van der Waals surface area contributed by atoms with E-state index in [2.05, 4.69) is 0 Å². The summed E-state index contributed by atoms with van der Waals surface area (Å²) in [6, 6.07) is 0. The lowest BCUT2D eigenvalue weighted by atomic mass is 9.98. The Bertz CT molecular complexity index is 462. The summed E-state index contributed by atoms with van der Waals surface area (Å²) in [5, 5.41) is 9.09. The molecule has 2 atom stereocenters. The summed E-state index contributed by atoms with van der Waals surface area (Å²) in [7, 11) is 1.63. The van der Waals surface area contributed by atoms with Crippen molar-refractivity contribution in [3.63, 3.8) is 0 Å². The Morgan fingerprint density at radius 2 is 2.00 bits per heavy atom. The van der Waals surface area contributed by atoms with E-state index in [1.807, 2.05) is 0 Å². The van der Waals surface area contributed by atoms with Crippen LogP contribution < -0.4 is 0 Å². The van der Waals surface area contributed by atoms with Crippen LogP contribution in [0.2, 0.25) is 0 Å². The molecule has 0 aromatic rings. The summed E-state index contributed by atoms with van der Waals surface area (Å²) in [4.78, 5) is 38.6. The summed E-state index contributed by atoms with van der Waals surface area (Å²) in [5.74, 6) is -1.59. The number of likely N-dealkylation sites (tertiary alicyclic amines) is 1. The van der Waals surface area contributed by atoms with Gasteiger partial charge in [-0.1, -0.05) is 0 Å². The first-order valence-corrected chi connectivity index (χ1v) is 8.83. The van der Waals surface area contributed by atoms with Gasteiger partial charge < -0.3 is 19.6 Å². The molecule has 0 saturated carbocycles. The molecule has 2 fully saturated rings. The molecular formula is C17H28N2O5. The zero-order chi connectivity index (χ0) is 17.5. The second kappa shape index (κ2) is 9.01. The highest BCUT2D eigenvalue weighted by Gasteiger charge is 2.29. The van der Waals surface area contributed by atoms with Gasteiger partial charge in [0.1, 0.15) is 0 Å². The molecule has 2 heterocycles. The van der Waals surface area contributed by atoms with E-state index in [0.29, 0.717) is 32.2 Å². The van der Waals surface area contributed by atoms with Crippen molar-refractivity contribution in [3.8, 4) is 0 Å². The second-order valence-corrected chi connectivity index (χ2v) is 6.79. The molecule has 2 amide bonds. The van der Waals surface area contributed by atoms with Gasteiger partial charge in [0, 0.05) is 33.2 Å². The van der Waals surface area contributed by atoms with Crippen molar-refractivity contribution in [2.75, 3.05) is 33.3 Å². The van der Waals surface area contributed by atoms with Crippen molar-refractivity contribution >= 4 is 17.8 Å². The van der Waals surface area contributed by atoms with E-state index >= 15 is 0 Å². The van der Waals surface area contributed by atoms with Crippen molar-refractivity contribution in [1.82, 2.24) is 9.80 Å². The molecule has 136 valence electrons. The molecule has 0 aromatic heterocycles. The quantitative estimate of drug-likeness (QED) is 0.783. The third kappa shape index (κ3) is 5.47. The molecule has 2 aliphatic heterocycles. The molecule has 7 nitrogen and oxygen atoms in total. The largest absolute Gasteiger partial charge is 0.481 e. The maximum Gasteiger partial charge on any atom is 0.308 e. The van der Waals surface area contributed by atoms with E-state index in [1.54, 1.807) is 11.9 Å². The Morgan fingerprint density at radius 1 is 1.21 bits per heavy atom. The summed E-state index contributed by atoms with van der Waals surface area (Å²) < 4.78 is 5.62. The molecule has 0 spiro atoms. The Morgan fingerprint density at radius 3 is 2.67 bits per heavy atom. The zero-order valence-corrected chi connectivity index (χ0v) is 14.4. The number of carbonyl (C=O) groups is 3. The number of likely N-dealkylation sites (N-methyl/N-ethyl adjacent to an activating group) is 1. The number of piperidine rings is 1. The number of hydrogen-bond acceptors (Lipinski definition) is 4. The molecule has 24 heavy (non-hydrogen) atoms. The molecule has 0 aliphatic carbocycles. The van der Waals surface area contributed by atoms with Crippen LogP contribution in [-0.4, -0.2) is 72.1 Å². The molecule has 0 radical (unpaired) electrons. The van der Waals surface area contributed by atoms with Crippen LogP contribution in [0.4, 0.5) is 0 Å². The van der Waals surface area contributed by atoms with Gasteiger partial charge in [-0.3, -0.25) is 14.4 Å². The highest BCUT2D eigenvalue weighted by Crippen LogP contribution is 2.18. The van der Waals surface area contributed by atoms with E-state index in [9.17, 15) is 14.4 Å². The number of carboxylic acids is 1. The van der Waals surface area contributed by atoms with E-state index in [4.69, 9.17) is 9.84 Å². The van der Waals surface area contributed by atoms with Crippen LogP contribution in [0.5, 0.6) is 0 Å². The first-order valence-electron chi connectivity index (χ1n) is 8.83. The lowest BCUT2D eigenvalue weighted by molar-refractivity contribution is -0.147. The number of carbonyl (C=O) groups excluding carboxylic acids is 2. The first-order chi connectivity index (χ1) is 11.5. The van der Waals surface area contributed by atoms with Gasteiger partial charge in [-0.25, -0.2) is 0 Å². The van der Waals surface area contributed by atoms with Crippen LogP contribution in [0.1, 0.15) is 44.9 Å². The van der Waals surface area contributed by atoms with Gasteiger partial charge in [-0.15, -0.1) is 0 Å². The van der Waals surface area contributed by atoms with Crippen LogP contribution in [-0.2, 0) is 19.1 Å². The van der Waals surface area contributed by atoms with Gasteiger partial charge in [0.15, 0.2) is 0 Å². The van der Waals surface area contributed by atoms with E-state index in [0.717, 1.165) is 25.9 Å². The Balaban J connectivity index is 1.73. The zero-order valence-electron chi connectivity index (χ0n) is 14.4. The molecule has 0 aromatic carbocycles. The molecule has 2 aliphatic rings. The molecular weight excluding hydrogens is 312 g/mol. The minimum Gasteiger partial charge on any atom is -0.481 e. The normalized spacial score (nSPS) is 24.5. The van der Waals surface area contributed by atoms with Crippen LogP contribution >= 0.6 is 0 Å².